The molecule has 53 valence electrons. The highest BCUT2D eigenvalue weighted by atomic mass is 16.5. The summed E-state index contributed by atoms with van der Waals surface area (Å²) in [7, 11) is 1.78. The average Bonchev–Trinajstić information content (AvgIpc) is 1.90. The number of ether oxygens (including phenoxy) is 1. The van der Waals surface area contributed by atoms with Crippen LogP contribution in [0.2, 0.25) is 0 Å². The Balaban J connectivity index is 2.18. The van der Waals surface area contributed by atoms with E-state index in [4.69, 9.17) is 4.74 Å². The van der Waals surface area contributed by atoms with Crippen LogP contribution in [0.15, 0.2) is 0 Å². The molecular formula is C8H15O. The van der Waals surface area contributed by atoms with Gasteiger partial charge in [-0.15, -0.1) is 0 Å². The van der Waals surface area contributed by atoms with E-state index >= 15 is 0 Å². The van der Waals surface area contributed by atoms with Crippen LogP contribution >= 0.6 is 0 Å². The van der Waals surface area contributed by atoms with Crippen LogP contribution in [0.4, 0.5) is 0 Å². The van der Waals surface area contributed by atoms with Crippen LogP contribution in [0.25, 0.3) is 0 Å². The number of hydrogen-bond donors (Lipinski definition) is 0. The van der Waals surface area contributed by atoms with Crippen molar-refractivity contribution in [2.24, 2.45) is 5.92 Å². The third kappa shape index (κ3) is 1.98. The molecule has 1 aliphatic carbocycles. The minimum atomic E-state index is 0.920. The molecule has 0 spiro atoms. The van der Waals surface area contributed by atoms with E-state index < -0.39 is 0 Å². The van der Waals surface area contributed by atoms with E-state index in [1.165, 1.54) is 31.8 Å². The first-order valence-electron chi connectivity index (χ1n) is 3.71. The fourth-order valence-corrected chi connectivity index (χ4v) is 1.29. The van der Waals surface area contributed by atoms with Crippen molar-refractivity contribution in [3.8, 4) is 0 Å². The summed E-state index contributed by atoms with van der Waals surface area (Å²) in [5, 5.41) is 0. The van der Waals surface area contributed by atoms with Crippen LogP contribution < -0.4 is 0 Å². The van der Waals surface area contributed by atoms with Gasteiger partial charge in [-0.05, 0) is 31.6 Å². The third-order valence-electron chi connectivity index (χ3n) is 2.12. The molecule has 0 atom stereocenters. The van der Waals surface area contributed by atoms with Crippen LogP contribution in [0.5, 0.6) is 0 Å². The first-order valence-corrected chi connectivity index (χ1v) is 3.71. The molecule has 0 aromatic carbocycles. The maximum absolute atomic E-state index is 5.16. The summed E-state index contributed by atoms with van der Waals surface area (Å²) in [6, 6.07) is 0. The molecule has 9 heavy (non-hydrogen) atoms. The summed E-state index contributed by atoms with van der Waals surface area (Å²) < 4.78 is 5.16. The van der Waals surface area contributed by atoms with Gasteiger partial charge in [0.25, 0.3) is 0 Å². The highest BCUT2D eigenvalue weighted by Gasteiger charge is 2.17. The van der Waals surface area contributed by atoms with Crippen molar-refractivity contribution in [1.82, 2.24) is 0 Å². The molecule has 1 radical (unpaired) electrons. The summed E-state index contributed by atoms with van der Waals surface area (Å²) in [6.45, 7) is 2.31. The topological polar surface area (TPSA) is 9.23 Å². The molecule has 0 amide bonds. The molecule has 0 N–H and O–H groups in total. The molecule has 0 aromatic rings. The van der Waals surface area contributed by atoms with Gasteiger partial charge in [0, 0.05) is 7.11 Å². The van der Waals surface area contributed by atoms with Crippen LogP contribution in [0, 0.1) is 12.0 Å². The fourth-order valence-electron chi connectivity index (χ4n) is 1.29. The Hall–Kier alpha value is -0.0400. The average molecular weight is 127 g/mol. The van der Waals surface area contributed by atoms with Crippen molar-refractivity contribution in [2.45, 2.75) is 32.6 Å². The third-order valence-corrected chi connectivity index (χ3v) is 2.12. The van der Waals surface area contributed by atoms with Gasteiger partial charge in [0.2, 0.25) is 0 Å². The molecule has 0 bridgehead atoms. The van der Waals surface area contributed by atoms with Crippen LogP contribution in [-0.2, 0) is 4.74 Å². The van der Waals surface area contributed by atoms with E-state index in [-0.39, 0.29) is 0 Å². The Kier molecular flexibility index (Phi) is 2.52. The Morgan fingerprint density at radius 3 is 2.33 bits per heavy atom. The highest BCUT2D eigenvalue weighted by molar-refractivity contribution is 4.83. The van der Waals surface area contributed by atoms with Gasteiger partial charge in [0.1, 0.15) is 0 Å². The molecule has 0 aliphatic heterocycles. The van der Waals surface area contributed by atoms with Crippen molar-refractivity contribution in [1.29, 1.82) is 0 Å². The lowest BCUT2D eigenvalue weighted by Crippen LogP contribution is -2.11. The minimum Gasteiger partial charge on any atom is -0.375 e. The highest BCUT2D eigenvalue weighted by Crippen LogP contribution is 2.29. The zero-order chi connectivity index (χ0) is 6.69. The summed E-state index contributed by atoms with van der Waals surface area (Å²) in [4.78, 5) is 0. The molecule has 1 fully saturated rings. The predicted octanol–water partition coefficient (Wildman–Crippen LogP) is 2.37. The van der Waals surface area contributed by atoms with Crippen molar-refractivity contribution in [3.63, 3.8) is 0 Å². The van der Waals surface area contributed by atoms with Gasteiger partial charge >= 0.3 is 0 Å². The largest absolute Gasteiger partial charge is 0.375 e. The van der Waals surface area contributed by atoms with E-state index in [2.05, 4.69) is 6.92 Å². The van der Waals surface area contributed by atoms with Crippen LogP contribution in [-0.4, -0.2) is 7.11 Å². The second-order valence-corrected chi connectivity index (χ2v) is 2.93. The number of rotatable bonds is 1. The molecule has 1 heteroatoms. The quantitative estimate of drug-likeness (QED) is 0.525. The number of methoxy groups -OCH3 is 1. The zero-order valence-corrected chi connectivity index (χ0v) is 6.31. The number of hydrogen-bond acceptors (Lipinski definition) is 1. The molecule has 0 aromatic heterocycles. The Labute approximate surface area is 57.4 Å². The maximum Gasteiger partial charge on any atom is 0.0967 e. The Morgan fingerprint density at radius 1 is 1.33 bits per heavy atom. The molecule has 1 nitrogen and oxygen atoms in total. The monoisotopic (exact) mass is 127 g/mol. The SMILES string of the molecule is CO[C]1CCC(C)CC1. The Morgan fingerprint density at radius 2 is 1.89 bits per heavy atom. The second kappa shape index (κ2) is 3.21. The van der Waals surface area contributed by atoms with Crippen molar-refractivity contribution >= 4 is 0 Å². The van der Waals surface area contributed by atoms with Gasteiger partial charge in [-0.25, -0.2) is 0 Å². The summed E-state index contributed by atoms with van der Waals surface area (Å²) in [6.07, 6.45) is 6.33. The first kappa shape index (κ1) is 7.07. The second-order valence-electron chi connectivity index (χ2n) is 2.93. The van der Waals surface area contributed by atoms with Gasteiger partial charge in [0.15, 0.2) is 0 Å². The van der Waals surface area contributed by atoms with E-state index in [9.17, 15) is 0 Å². The minimum absolute atomic E-state index is 0.920. The fraction of sp³-hybridized carbons (Fsp3) is 0.875. The lowest BCUT2D eigenvalue weighted by atomic mass is 9.89. The van der Waals surface area contributed by atoms with Crippen molar-refractivity contribution in [3.05, 3.63) is 6.10 Å². The lowest BCUT2D eigenvalue weighted by Gasteiger charge is -2.23. The summed E-state index contributed by atoms with van der Waals surface area (Å²) in [5.41, 5.74) is 0. The molecule has 0 unspecified atom stereocenters. The summed E-state index contributed by atoms with van der Waals surface area (Å²) >= 11 is 0. The molecule has 0 saturated heterocycles. The zero-order valence-electron chi connectivity index (χ0n) is 6.31. The van der Waals surface area contributed by atoms with Crippen molar-refractivity contribution < 1.29 is 4.74 Å². The first-order chi connectivity index (χ1) is 4.33. The molecular weight excluding hydrogens is 112 g/mol. The van der Waals surface area contributed by atoms with E-state index in [0.717, 1.165) is 5.92 Å². The molecule has 1 saturated carbocycles. The van der Waals surface area contributed by atoms with E-state index in [1.54, 1.807) is 7.11 Å². The van der Waals surface area contributed by atoms with Gasteiger partial charge in [-0.2, -0.15) is 0 Å². The Bertz CT molecular complexity index is 72.6. The smallest absolute Gasteiger partial charge is 0.0967 e. The summed E-state index contributed by atoms with van der Waals surface area (Å²) in [5.74, 6) is 0.920. The predicted molar refractivity (Wildman–Crippen MR) is 37.9 cm³/mol. The molecule has 0 heterocycles. The molecule has 1 rings (SSSR count). The van der Waals surface area contributed by atoms with Gasteiger partial charge < -0.3 is 4.74 Å². The van der Waals surface area contributed by atoms with Gasteiger partial charge in [-0.1, -0.05) is 6.92 Å². The van der Waals surface area contributed by atoms with E-state index in [0.29, 0.717) is 0 Å². The van der Waals surface area contributed by atoms with Crippen molar-refractivity contribution in [2.75, 3.05) is 7.11 Å². The maximum atomic E-state index is 5.16. The van der Waals surface area contributed by atoms with Crippen LogP contribution in [0.1, 0.15) is 32.6 Å². The molecule has 1 aliphatic rings. The normalized spacial score (nSPS) is 24.7. The van der Waals surface area contributed by atoms with E-state index in [1.807, 2.05) is 0 Å². The standard InChI is InChI=1S/C8H15O/c1-7-3-5-8(9-2)6-4-7/h7H,3-6H2,1-2H3. The van der Waals surface area contributed by atoms with Crippen LogP contribution in [0.3, 0.4) is 0 Å². The lowest BCUT2D eigenvalue weighted by molar-refractivity contribution is 0.151. The van der Waals surface area contributed by atoms with Gasteiger partial charge in [-0.3, -0.25) is 0 Å². The van der Waals surface area contributed by atoms with Gasteiger partial charge in [0.05, 0.1) is 6.10 Å².